The van der Waals surface area contributed by atoms with Crippen LogP contribution < -0.4 is 0 Å². The molecule has 0 unspecified atom stereocenters. The summed E-state index contributed by atoms with van der Waals surface area (Å²) in [6, 6.07) is 2.95. The summed E-state index contributed by atoms with van der Waals surface area (Å²) >= 11 is 0. The van der Waals surface area contributed by atoms with E-state index >= 15 is 0 Å². The standard InChI is InChI=1S/C11H16N2O3/c1-11(2,7-14)13(3)10(16)9-8(15)5-4-6-12-9/h4-6,14-15H,7H2,1-3H3. The molecule has 1 aromatic heterocycles. The van der Waals surface area contributed by atoms with Gasteiger partial charge in [0.15, 0.2) is 5.69 Å². The van der Waals surface area contributed by atoms with E-state index in [1.165, 1.54) is 17.2 Å². The summed E-state index contributed by atoms with van der Waals surface area (Å²) in [5.41, 5.74) is -0.701. The highest BCUT2D eigenvalue weighted by Gasteiger charge is 2.29. The molecule has 0 aromatic carbocycles. The average Bonchev–Trinajstić information content (AvgIpc) is 2.27. The van der Waals surface area contributed by atoms with Crippen molar-refractivity contribution in [3.63, 3.8) is 0 Å². The highest BCUT2D eigenvalue weighted by atomic mass is 16.3. The van der Waals surface area contributed by atoms with Gasteiger partial charge in [-0.25, -0.2) is 4.98 Å². The summed E-state index contributed by atoms with van der Waals surface area (Å²) in [5, 5.41) is 18.6. The van der Waals surface area contributed by atoms with E-state index in [1.54, 1.807) is 27.0 Å². The Morgan fingerprint density at radius 1 is 1.56 bits per heavy atom. The normalized spacial score (nSPS) is 11.2. The van der Waals surface area contributed by atoms with Crippen LogP contribution in [0.1, 0.15) is 24.3 Å². The van der Waals surface area contributed by atoms with Gasteiger partial charge in [0.2, 0.25) is 0 Å². The lowest BCUT2D eigenvalue weighted by atomic mass is 10.0. The Morgan fingerprint density at radius 2 is 2.19 bits per heavy atom. The molecule has 88 valence electrons. The van der Waals surface area contributed by atoms with Crippen LogP contribution in [-0.4, -0.2) is 45.2 Å². The Morgan fingerprint density at radius 3 is 2.69 bits per heavy atom. The van der Waals surface area contributed by atoms with Gasteiger partial charge in [-0.3, -0.25) is 4.79 Å². The molecule has 5 nitrogen and oxygen atoms in total. The fourth-order valence-electron chi connectivity index (χ4n) is 1.10. The van der Waals surface area contributed by atoms with Crippen LogP contribution >= 0.6 is 0 Å². The summed E-state index contributed by atoms with van der Waals surface area (Å²) in [7, 11) is 1.56. The summed E-state index contributed by atoms with van der Waals surface area (Å²) in [6.07, 6.45) is 1.44. The number of nitrogens with zero attached hydrogens (tertiary/aromatic N) is 2. The predicted octanol–water partition coefficient (Wildman–Crippen LogP) is 0.630. The van der Waals surface area contributed by atoms with Gasteiger partial charge in [0.25, 0.3) is 5.91 Å². The largest absolute Gasteiger partial charge is 0.505 e. The molecule has 0 radical (unpaired) electrons. The third-order valence-corrected chi connectivity index (χ3v) is 2.59. The number of carbonyl (C=O) groups is 1. The number of amides is 1. The zero-order valence-electron chi connectivity index (χ0n) is 9.64. The predicted molar refractivity (Wildman–Crippen MR) is 59.2 cm³/mol. The number of aliphatic hydroxyl groups is 1. The molecule has 0 fully saturated rings. The van der Waals surface area contributed by atoms with Crippen molar-refractivity contribution < 1.29 is 15.0 Å². The lowest BCUT2D eigenvalue weighted by Gasteiger charge is -2.33. The summed E-state index contributed by atoms with van der Waals surface area (Å²) in [6.45, 7) is 3.29. The molecule has 0 aliphatic heterocycles. The van der Waals surface area contributed by atoms with E-state index in [0.717, 1.165) is 0 Å². The zero-order chi connectivity index (χ0) is 12.3. The molecule has 0 aliphatic carbocycles. The van der Waals surface area contributed by atoms with Crippen LogP contribution in [0.3, 0.4) is 0 Å². The molecule has 0 aliphatic rings. The van der Waals surface area contributed by atoms with Gasteiger partial charge in [-0.05, 0) is 26.0 Å². The van der Waals surface area contributed by atoms with E-state index in [9.17, 15) is 9.90 Å². The number of pyridine rings is 1. The smallest absolute Gasteiger partial charge is 0.276 e. The lowest BCUT2D eigenvalue weighted by molar-refractivity contribution is 0.0465. The van der Waals surface area contributed by atoms with Gasteiger partial charge in [-0.2, -0.15) is 0 Å². The topological polar surface area (TPSA) is 73.7 Å². The van der Waals surface area contributed by atoms with Gasteiger partial charge in [-0.15, -0.1) is 0 Å². The minimum atomic E-state index is -0.693. The van der Waals surface area contributed by atoms with Crippen molar-refractivity contribution in [2.24, 2.45) is 0 Å². The van der Waals surface area contributed by atoms with Gasteiger partial charge in [0.05, 0.1) is 12.1 Å². The Labute approximate surface area is 94.4 Å². The Balaban J connectivity index is 3.00. The molecule has 0 bridgehead atoms. The molecular formula is C11H16N2O3. The van der Waals surface area contributed by atoms with Crippen molar-refractivity contribution in [3.05, 3.63) is 24.0 Å². The molecule has 0 spiro atoms. The third kappa shape index (κ3) is 2.30. The number of rotatable bonds is 3. The van der Waals surface area contributed by atoms with E-state index < -0.39 is 11.4 Å². The molecule has 1 amide bonds. The number of hydrogen-bond acceptors (Lipinski definition) is 4. The number of aromatic nitrogens is 1. The van der Waals surface area contributed by atoms with Gasteiger partial charge >= 0.3 is 0 Å². The average molecular weight is 224 g/mol. The van der Waals surface area contributed by atoms with E-state index in [0.29, 0.717) is 0 Å². The summed E-state index contributed by atoms with van der Waals surface area (Å²) in [5.74, 6) is -0.578. The first-order valence-electron chi connectivity index (χ1n) is 4.93. The van der Waals surface area contributed by atoms with Crippen LogP contribution in [0.5, 0.6) is 5.75 Å². The Hall–Kier alpha value is -1.62. The van der Waals surface area contributed by atoms with E-state index in [1.807, 2.05) is 0 Å². The molecule has 0 atom stereocenters. The Bertz CT molecular complexity index is 391. The SMILES string of the molecule is CN(C(=O)c1ncccc1O)C(C)(C)CO. The third-order valence-electron chi connectivity index (χ3n) is 2.59. The fraction of sp³-hybridized carbons (Fsp3) is 0.455. The van der Waals surface area contributed by atoms with Crippen LogP contribution in [0.15, 0.2) is 18.3 Å². The minimum Gasteiger partial charge on any atom is -0.505 e. The van der Waals surface area contributed by atoms with Crippen LogP contribution in [0.4, 0.5) is 0 Å². The molecule has 1 aromatic rings. The van der Waals surface area contributed by atoms with Crippen molar-refractivity contribution in [2.45, 2.75) is 19.4 Å². The quantitative estimate of drug-likeness (QED) is 0.789. The second kappa shape index (κ2) is 4.49. The number of hydrogen-bond donors (Lipinski definition) is 2. The van der Waals surface area contributed by atoms with Crippen molar-refractivity contribution in [1.82, 2.24) is 9.88 Å². The number of aliphatic hydroxyl groups excluding tert-OH is 1. The Kier molecular flexibility index (Phi) is 3.49. The molecule has 0 saturated heterocycles. The van der Waals surface area contributed by atoms with Crippen LogP contribution in [0.2, 0.25) is 0 Å². The second-order valence-electron chi connectivity index (χ2n) is 4.21. The van der Waals surface area contributed by atoms with Gasteiger partial charge in [0, 0.05) is 13.2 Å². The van der Waals surface area contributed by atoms with Crippen LogP contribution in [-0.2, 0) is 0 Å². The van der Waals surface area contributed by atoms with Gasteiger partial charge in [-0.1, -0.05) is 0 Å². The highest BCUT2D eigenvalue weighted by Crippen LogP contribution is 2.19. The van der Waals surface area contributed by atoms with Crippen LogP contribution in [0.25, 0.3) is 0 Å². The number of likely N-dealkylation sites (N-methyl/N-ethyl adjacent to an activating group) is 1. The molecule has 5 heteroatoms. The summed E-state index contributed by atoms with van der Waals surface area (Å²) in [4.78, 5) is 17.1. The molecular weight excluding hydrogens is 208 g/mol. The maximum absolute atomic E-state index is 12.0. The zero-order valence-corrected chi connectivity index (χ0v) is 9.64. The molecule has 2 N–H and O–H groups in total. The van der Waals surface area contributed by atoms with E-state index in [4.69, 9.17) is 5.11 Å². The maximum Gasteiger partial charge on any atom is 0.276 e. The second-order valence-corrected chi connectivity index (χ2v) is 4.21. The van der Waals surface area contributed by atoms with E-state index in [-0.39, 0.29) is 18.1 Å². The van der Waals surface area contributed by atoms with Crippen LogP contribution in [0, 0.1) is 0 Å². The van der Waals surface area contributed by atoms with Crippen molar-refractivity contribution >= 4 is 5.91 Å². The lowest BCUT2D eigenvalue weighted by Crippen LogP contribution is -2.47. The van der Waals surface area contributed by atoms with Crippen molar-refractivity contribution in [1.29, 1.82) is 0 Å². The monoisotopic (exact) mass is 224 g/mol. The first-order valence-corrected chi connectivity index (χ1v) is 4.93. The van der Waals surface area contributed by atoms with Gasteiger partial charge < -0.3 is 15.1 Å². The number of aromatic hydroxyl groups is 1. The minimum absolute atomic E-state index is 0.00785. The summed E-state index contributed by atoms with van der Waals surface area (Å²) < 4.78 is 0. The maximum atomic E-state index is 12.0. The first-order chi connectivity index (χ1) is 7.40. The first kappa shape index (κ1) is 12.4. The molecule has 16 heavy (non-hydrogen) atoms. The molecule has 1 rings (SSSR count). The highest BCUT2D eigenvalue weighted by molar-refractivity contribution is 5.95. The van der Waals surface area contributed by atoms with Crippen molar-refractivity contribution in [2.75, 3.05) is 13.7 Å². The van der Waals surface area contributed by atoms with Gasteiger partial charge in [0.1, 0.15) is 5.75 Å². The number of carbonyl (C=O) groups excluding carboxylic acids is 1. The molecule has 1 heterocycles. The fourth-order valence-corrected chi connectivity index (χ4v) is 1.10. The molecule has 0 saturated carbocycles. The van der Waals surface area contributed by atoms with Crippen molar-refractivity contribution in [3.8, 4) is 5.75 Å². The van der Waals surface area contributed by atoms with E-state index in [2.05, 4.69) is 4.98 Å².